The number of thioether (sulfide) groups is 1. The summed E-state index contributed by atoms with van der Waals surface area (Å²) >= 11 is 0.777. The molecule has 0 aliphatic carbocycles. The summed E-state index contributed by atoms with van der Waals surface area (Å²) in [7, 11) is 0. The molecule has 0 aliphatic rings. The number of aryl methyl sites for hydroxylation is 2. The highest BCUT2D eigenvalue weighted by Crippen LogP contribution is 2.35. The van der Waals surface area contributed by atoms with Crippen LogP contribution in [0.4, 0.5) is 5.69 Å². The average molecular weight is 358 g/mol. The first-order chi connectivity index (χ1) is 11.7. The minimum Gasteiger partial charge on any atom is -0.301 e. The van der Waals surface area contributed by atoms with Crippen LogP contribution in [0.5, 0.6) is 0 Å². The Labute approximate surface area is 149 Å². The van der Waals surface area contributed by atoms with Gasteiger partial charge >= 0.3 is 0 Å². The molecule has 0 unspecified atom stereocenters. The summed E-state index contributed by atoms with van der Waals surface area (Å²) in [6, 6.07) is 8.50. The van der Waals surface area contributed by atoms with Crippen molar-refractivity contribution in [3.63, 3.8) is 0 Å². The van der Waals surface area contributed by atoms with Gasteiger partial charge in [0.25, 0.3) is 5.56 Å². The third kappa shape index (κ3) is 4.48. The summed E-state index contributed by atoms with van der Waals surface area (Å²) in [6.45, 7) is 6.11. The van der Waals surface area contributed by atoms with Gasteiger partial charge in [-0.25, -0.2) is 4.98 Å². The molecule has 0 saturated heterocycles. The van der Waals surface area contributed by atoms with E-state index in [4.69, 9.17) is 0 Å². The van der Waals surface area contributed by atoms with Crippen LogP contribution in [0.1, 0.15) is 25.1 Å². The van der Waals surface area contributed by atoms with E-state index in [9.17, 15) is 14.4 Å². The summed E-state index contributed by atoms with van der Waals surface area (Å²) in [4.78, 5) is 41.0. The number of aromatic amines is 1. The molecule has 130 valence electrons. The van der Waals surface area contributed by atoms with Crippen LogP contribution >= 0.6 is 11.8 Å². The first kappa shape index (κ1) is 18.7. The maximum absolute atomic E-state index is 12.2. The number of hydrogen-bond donors (Lipinski definition) is 1. The second-order valence-electron chi connectivity index (χ2n) is 5.59. The normalized spacial score (nSPS) is 11.7. The summed E-state index contributed by atoms with van der Waals surface area (Å²) in [6.07, 6.45) is 0. The Kier molecular flexibility index (Phi) is 5.63. The number of nitrogens with zero attached hydrogens (tertiary/aromatic N) is 3. The van der Waals surface area contributed by atoms with Gasteiger partial charge in [0.1, 0.15) is 0 Å². The number of azo groups is 1. The molecule has 0 spiro atoms. The van der Waals surface area contributed by atoms with E-state index in [0.29, 0.717) is 11.4 Å². The van der Waals surface area contributed by atoms with E-state index in [1.54, 1.807) is 19.1 Å². The summed E-state index contributed by atoms with van der Waals surface area (Å²) in [5.74, 6) is -0.991. The summed E-state index contributed by atoms with van der Waals surface area (Å²) in [5.41, 5.74) is 1.68. The molecule has 7 nitrogen and oxygen atoms in total. The first-order valence-corrected chi connectivity index (χ1v) is 8.33. The number of H-pyrrole nitrogens is 1. The van der Waals surface area contributed by atoms with Gasteiger partial charge in [0, 0.05) is 11.8 Å². The highest BCUT2D eigenvalue weighted by Gasteiger charge is 2.43. The molecule has 1 N–H and O–H groups in total. The van der Waals surface area contributed by atoms with Gasteiger partial charge in [0.2, 0.25) is 4.87 Å². The number of aromatic nitrogens is 2. The highest BCUT2D eigenvalue weighted by molar-refractivity contribution is 8.02. The molecule has 25 heavy (non-hydrogen) atoms. The van der Waals surface area contributed by atoms with Gasteiger partial charge in [0.05, 0.1) is 5.69 Å². The van der Waals surface area contributed by atoms with Crippen molar-refractivity contribution in [1.29, 1.82) is 0 Å². The Morgan fingerprint density at radius 1 is 1.12 bits per heavy atom. The second-order valence-corrected chi connectivity index (χ2v) is 6.77. The fraction of sp³-hybridized carbons (Fsp3) is 0.294. The average Bonchev–Trinajstić information content (AvgIpc) is 2.51. The van der Waals surface area contributed by atoms with Crippen molar-refractivity contribution in [2.45, 2.75) is 37.7 Å². The number of nitrogens with one attached hydrogen (secondary N) is 1. The minimum absolute atomic E-state index is 0.137. The lowest BCUT2D eigenvalue weighted by Gasteiger charge is -2.21. The number of rotatable bonds is 6. The SMILES string of the molecule is CC(=O)C(N=Nc1ccc(C)cc1)(Sc1nc(C)cc(=O)[nH]1)C(C)=O. The third-order valence-corrected chi connectivity index (χ3v) is 4.73. The zero-order valence-corrected chi connectivity index (χ0v) is 15.2. The molecule has 2 aromatic rings. The molecule has 1 aromatic heterocycles. The standard InChI is InChI=1S/C17H18N4O3S/c1-10-5-7-14(8-6-10)20-21-17(12(3)22,13(4)23)25-16-18-11(2)9-15(24)19-16/h5-9H,1-4H3,(H,18,19,24). The van der Waals surface area contributed by atoms with E-state index in [-0.39, 0.29) is 10.7 Å². The van der Waals surface area contributed by atoms with Crippen LogP contribution in [0.2, 0.25) is 0 Å². The summed E-state index contributed by atoms with van der Waals surface area (Å²) < 4.78 is 0. The van der Waals surface area contributed by atoms with Crippen molar-refractivity contribution in [3.05, 3.63) is 51.9 Å². The summed E-state index contributed by atoms with van der Waals surface area (Å²) in [5, 5.41) is 8.22. The highest BCUT2D eigenvalue weighted by atomic mass is 32.2. The zero-order valence-electron chi connectivity index (χ0n) is 14.4. The van der Waals surface area contributed by atoms with Gasteiger partial charge in [-0.15, -0.1) is 0 Å². The van der Waals surface area contributed by atoms with E-state index in [0.717, 1.165) is 17.3 Å². The molecule has 1 heterocycles. The van der Waals surface area contributed by atoms with E-state index in [1.807, 2.05) is 19.1 Å². The predicted octanol–water partition coefficient (Wildman–Crippen LogP) is 3.14. The zero-order chi connectivity index (χ0) is 18.6. The van der Waals surface area contributed by atoms with Gasteiger partial charge in [-0.1, -0.05) is 17.7 Å². The Bertz CT molecular complexity index is 874. The molecular formula is C17H18N4O3S. The van der Waals surface area contributed by atoms with Crippen molar-refractivity contribution < 1.29 is 9.59 Å². The lowest BCUT2D eigenvalue weighted by Crippen LogP contribution is -2.39. The quantitative estimate of drug-likeness (QED) is 0.370. The van der Waals surface area contributed by atoms with Gasteiger partial charge in [-0.2, -0.15) is 10.2 Å². The van der Waals surface area contributed by atoms with Crippen LogP contribution in [0.3, 0.4) is 0 Å². The Morgan fingerprint density at radius 2 is 1.72 bits per heavy atom. The second kappa shape index (κ2) is 7.52. The lowest BCUT2D eigenvalue weighted by molar-refractivity contribution is -0.128. The van der Waals surface area contributed by atoms with Crippen LogP contribution in [0.25, 0.3) is 0 Å². The van der Waals surface area contributed by atoms with E-state index < -0.39 is 16.4 Å². The Balaban J connectivity index is 2.46. The van der Waals surface area contributed by atoms with Crippen molar-refractivity contribution >= 4 is 29.0 Å². The molecule has 0 saturated carbocycles. The van der Waals surface area contributed by atoms with Crippen molar-refractivity contribution in [2.24, 2.45) is 10.2 Å². The van der Waals surface area contributed by atoms with Crippen molar-refractivity contribution in [1.82, 2.24) is 9.97 Å². The van der Waals surface area contributed by atoms with Crippen LogP contribution in [0, 0.1) is 13.8 Å². The van der Waals surface area contributed by atoms with Crippen LogP contribution < -0.4 is 5.56 Å². The fourth-order valence-electron chi connectivity index (χ4n) is 2.03. The molecule has 0 aliphatic heterocycles. The van der Waals surface area contributed by atoms with E-state index in [1.165, 1.54) is 19.9 Å². The van der Waals surface area contributed by atoms with Crippen LogP contribution in [-0.2, 0) is 9.59 Å². The molecule has 0 bridgehead atoms. The maximum atomic E-state index is 12.2. The smallest absolute Gasteiger partial charge is 0.251 e. The molecule has 2 rings (SSSR count). The Hall–Kier alpha value is -2.61. The monoisotopic (exact) mass is 358 g/mol. The first-order valence-electron chi connectivity index (χ1n) is 7.51. The number of hydrogen-bond acceptors (Lipinski definition) is 7. The van der Waals surface area contributed by atoms with Gasteiger partial charge in [-0.05, 0) is 51.6 Å². The lowest BCUT2D eigenvalue weighted by atomic mass is 10.1. The molecule has 0 amide bonds. The van der Waals surface area contributed by atoms with Crippen molar-refractivity contribution in [2.75, 3.05) is 0 Å². The number of carbonyl (C=O) groups is 2. The fourth-order valence-corrected chi connectivity index (χ4v) is 3.02. The number of carbonyl (C=O) groups excluding carboxylic acids is 2. The van der Waals surface area contributed by atoms with Gasteiger partial charge < -0.3 is 4.98 Å². The van der Waals surface area contributed by atoms with E-state index >= 15 is 0 Å². The Morgan fingerprint density at radius 3 is 2.24 bits per heavy atom. The van der Waals surface area contributed by atoms with Gasteiger partial charge in [0.15, 0.2) is 16.7 Å². The predicted molar refractivity (Wildman–Crippen MR) is 95.2 cm³/mol. The van der Waals surface area contributed by atoms with E-state index in [2.05, 4.69) is 20.2 Å². The van der Waals surface area contributed by atoms with Crippen LogP contribution in [0.15, 0.2) is 50.5 Å². The molecule has 8 heteroatoms. The molecular weight excluding hydrogens is 340 g/mol. The molecule has 0 radical (unpaired) electrons. The molecule has 1 aromatic carbocycles. The minimum atomic E-state index is -1.80. The maximum Gasteiger partial charge on any atom is 0.251 e. The number of benzene rings is 1. The molecule has 0 atom stereocenters. The number of ketones is 2. The molecule has 0 fully saturated rings. The number of Topliss-reactive ketones (excluding diaryl/α,β-unsaturated/α-hetero) is 2. The third-order valence-electron chi connectivity index (χ3n) is 3.39. The van der Waals surface area contributed by atoms with Crippen LogP contribution in [-0.4, -0.2) is 26.4 Å². The largest absolute Gasteiger partial charge is 0.301 e. The van der Waals surface area contributed by atoms with Crippen molar-refractivity contribution in [3.8, 4) is 0 Å². The topological polar surface area (TPSA) is 105 Å². The van der Waals surface area contributed by atoms with Gasteiger partial charge in [-0.3, -0.25) is 14.4 Å².